The first-order chi connectivity index (χ1) is 16.3. The van der Waals surface area contributed by atoms with E-state index in [1.54, 1.807) is 0 Å². The molecule has 0 unspecified atom stereocenters. The molecule has 0 radical (unpaired) electrons. The van der Waals surface area contributed by atoms with Crippen molar-refractivity contribution in [2.75, 3.05) is 6.61 Å². The molecule has 1 saturated heterocycles. The van der Waals surface area contributed by atoms with Gasteiger partial charge in [-0.05, 0) is 22.2 Å². The van der Waals surface area contributed by atoms with Crippen LogP contribution in [0.25, 0.3) is 10.4 Å². The molecule has 7 heteroatoms. The molecule has 0 spiro atoms. The minimum absolute atomic E-state index is 0.289. The molecule has 1 fully saturated rings. The number of hydrogen-bond donors (Lipinski definition) is 0. The first-order valence-electron chi connectivity index (χ1n) is 11.0. The summed E-state index contributed by atoms with van der Waals surface area (Å²) in [7, 11) is 0. The quantitative estimate of drug-likeness (QED) is 0.224. The highest BCUT2D eigenvalue weighted by Crippen LogP contribution is 2.30. The van der Waals surface area contributed by atoms with Crippen molar-refractivity contribution < 1.29 is 18.9 Å². The molecule has 0 bridgehead atoms. The lowest BCUT2D eigenvalue weighted by Gasteiger charge is -2.24. The molecule has 7 nitrogen and oxygen atoms in total. The highest BCUT2D eigenvalue weighted by atomic mass is 16.6. The van der Waals surface area contributed by atoms with Gasteiger partial charge in [-0.25, -0.2) is 0 Å². The second kappa shape index (κ2) is 12.2. The van der Waals surface area contributed by atoms with Gasteiger partial charge in [0, 0.05) is 4.91 Å². The van der Waals surface area contributed by atoms with Crippen molar-refractivity contribution in [2.45, 2.75) is 44.4 Å². The lowest BCUT2D eigenvalue weighted by atomic mass is 10.1. The van der Waals surface area contributed by atoms with Crippen LogP contribution < -0.4 is 0 Å². The predicted octanol–water partition coefficient (Wildman–Crippen LogP) is 5.41. The minimum Gasteiger partial charge on any atom is -0.374 e. The summed E-state index contributed by atoms with van der Waals surface area (Å²) < 4.78 is 24.4. The number of ether oxygens (including phenoxy) is 4. The number of nitrogens with zero attached hydrogens (tertiary/aromatic N) is 3. The van der Waals surface area contributed by atoms with Crippen molar-refractivity contribution in [2.24, 2.45) is 5.11 Å². The maximum atomic E-state index is 9.09. The Morgan fingerprint density at radius 1 is 0.697 bits per heavy atom. The standard InChI is InChI=1S/C26H27N3O4/c27-29-28-26-25(32-18-22-14-8-3-9-15-22)24(31-17-21-12-6-2-7-13-21)23(33-26)19-30-16-20-10-4-1-5-11-20/h1-15,23-26H,16-19H2/t23-,24-,25+,26+/m0/s1. The van der Waals surface area contributed by atoms with Crippen LogP contribution in [-0.2, 0) is 38.8 Å². The highest BCUT2D eigenvalue weighted by Gasteiger charge is 2.46. The Morgan fingerprint density at radius 2 is 1.18 bits per heavy atom. The van der Waals surface area contributed by atoms with Crippen molar-refractivity contribution in [3.8, 4) is 0 Å². The van der Waals surface area contributed by atoms with E-state index < -0.39 is 24.5 Å². The van der Waals surface area contributed by atoms with Crippen LogP contribution in [0.5, 0.6) is 0 Å². The van der Waals surface area contributed by atoms with E-state index in [2.05, 4.69) is 10.0 Å². The molecular weight excluding hydrogens is 418 g/mol. The lowest BCUT2D eigenvalue weighted by molar-refractivity contribution is -0.0897. The van der Waals surface area contributed by atoms with Crippen molar-refractivity contribution in [1.82, 2.24) is 0 Å². The molecule has 3 aromatic rings. The fourth-order valence-electron chi connectivity index (χ4n) is 3.77. The Kier molecular flexibility index (Phi) is 8.47. The predicted molar refractivity (Wildman–Crippen MR) is 124 cm³/mol. The number of rotatable bonds is 11. The van der Waals surface area contributed by atoms with Crippen molar-refractivity contribution in [1.29, 1.82) is 0 Å². The third-order valence-corrected chi connectivity index (χ3v) is 5.42. The van der Waals surface area contributed by atoms with E-state index in [-0.39, 0.29) is 6.61 Å². The first kappa shape index (κ1) is 23.0. The molecule has 33 heavy (non-hydrogen) atoms. The largest absolute Gasteiger partial charge is 0.374 e. The van der Waals surface area contributed by atoms with Crippen molar-refractivity contribution >= 4 is 0 Å². The molecule has 1 aliphatic rings. The molecule has 0 saturated carbocycles. The summed E-state index contributed by atoms with van der Waals surface area (Å²) in [6.07, 6.45) is -2.26. The van der Waals surface area contributed by atoms with Crippen LogP contribution in [0.15, 0.2) is 96.1 Å². The molecule has 0 amide bonds. The van der Waals surface area contributed by atoms with Gasteiger partial charge in [0.2, 0.25) is 0 Å². The zero-order chi connectivity index (χ0) is 22.7. The molecule has 3 aromatic carbocycles. The number of benzene rings is 3. The summed E-state index contributed by atoms with van der Waals surface area (Å²) in [6.45, 7) is 1.48. The van der Waals surface area contributed by atoms with E-state index in [0.29, 0.717) is 19.8 Å². The zero-order valence-electron chi connectivity index (χ0n) is 18.3. The first-order valence-corrected chi connectivity index (χ1v) is 11.0. The minimum atomic E-state index is -0.801. The topological polar surface area (TPSA) is 85.7 Å². The van der Waals surface area contributed by atoms with Gasteiger partial charge in [0.15, 0.2) is 6.23 Å². The fraction of sp³-hybridized carbons (Fsp3) is 0.308. The Bertz CT molecular complexity index is 1010. The third kappa shape index (κ3) is 6.65. The highest BCUT2D eigenvalue weighted by molar-refractivity contribution is 5.15. The second-order valence-corrected chi connectivity index (χ2v) is 7.79. The normalized spacial score (nSPS) is 22.1. The van der Waals surface area contributed by atoms with Crippen LogP contribution in [0.2, 0.25) is 0 Å². The van der Waals surface area contributed by atoms with Crippen LogP contribution >= 0.6 is 0 Å². The van der Waals surface area contributed by atoms with Crippen molar-refractivity contribution in [3.63, 3.8) is 0 Å². The number of azide groups is 1. The molecule has 4 atom stereocenters. The molecule has 4 rings (SSSR count). The Balaban J connectivity index is 1.46. The Hall–Kier alpha value is -3.19. The summed E-state index contributed by atoms with van der Waals surface area (Å²) in [6, 6.07) is 29.7. The smallest absolute Gasteiger partial charge is 0.165 e. The van der Waals surface area contributed by atoms with Crippen LogP contribution in [0, 0.1) is 0 Å². The van der Waals surface area contributed by atoms with E-state index in [9.17, 15) is 0 Å². The van der Waals surface area contributed by atoms with Gasteiger partial charge in [-0.2, -0.15) is 0 Å². The number of hydrogen-bond acceptors (Lipinski definition) is 5. The molecule has 1 aliphatic heterocycles. The van der Waals surface area contributed by atoms with E-state index in [4.69, 9.17) is 24.5 Å². The van der Waals surface area contributed by atoms with Gasteiger partial charge in [-0.1, -0.05) is 96.1 Å². The average Bonchev–Trinajstić information content (AvgIpc) is 3.19. The van der Waals surface area contributed by atoms with Crippen LogP contribution in [0.4, 0.5) is 0 Å². The van der Waals surface area contributed by atoms with E-state index in [1.807, 2.05) is 91.0 Å². The second-order valence-electron chi connectivity index (χ2n) is 7.79. The molecular formula is C26H27N3O4. The molecule has 0 N–H and O–H groups in total. The molecule has 0 aromatic heterocycles. The Morgan fingerprint density at radius 3 is 1.70 bits per heavy atom. The van der Waals surface area contributed by atoms with Crippen LogP contribution in [0.1, 0.15) is 16.7 Å². The molecule has 170 valence electrons. The SMILES string of the molecule is [N-]=[N+]=N[C@@H]1O[C@@H](COCc2ccccc2)[C@H](OCc2ccccc2)[C@H]1OCc1ccccc1. The summed E-state index contributed by atoms with van der Waals surface area (Å²) in [4.78, 5) is 2.96. The maximum Gasteiger partial charge on any atom is 0.165 e. The van der Waals surface area contributed by atoms with Gasteiger partial charge in [-0.15, -0.1) is 0 Å². The van der Waals surface area contributed by atoms with Gasteiger partial charge < -0.3 is 18.9 Å². The fourth-order valence-corrected chi connectivity index (χ4v) is 3.77. The van der Waals surface area contributed by atoms with Crippen molar-refractivity contribution in [3.05, 3.63) is 118 Å². The van der Waals surface area contributed by atoms with E-state index in [1.165, 1.54) is 0 Å². The van der Waals surface area contributed by atoms with E-state index >= 15 is 0 Å². The summed E-state index contributed by atoms with van der Waals surface area (Å²) in [5, 5.41) is 3.84. The van der Waals surface area contributed by atoms with Gasteiger partial charge in [-0.3, -0.25) is 0 Å². The summed E-state index contributed by atoms with van der Waals surface area (Å²) in [5.41, 5.74) is 12.2. The Labute approximate surface area is 193 Å². The molecule has 1 heterocycles. The summed E-state index contributed by atoms with van der Waals surface area (Å²) in [5.74, 6) is 0. The van der Waals surface area contributed by atoms with Gasteiger partial charge in [0.05, 0.1) is 26.4 Å². The summed E-state index contributed by atoms with van der Waals surface area (Å²) >= 11 is 0. The monoisotopic (exact) mass is 445 g/mol. The average molecular weight is 446 g/mol. The maximum absolute atomic E-state index is 9.09. The van der Waals surface area contributed by atoms with Crippen LogP contribution in [0.3, 0.4) is 0 Å². The third-order valence-electron chi connectivity index (χ3n) is 5.42. The van der Waals surface area contributed by atoms with Gasteiger partial charge >= 0.3 is 0 Å². The van der Waals surface area contributed by atoms with E-state index in [0.717, 1.165) is 16.7 Å². The molecule has 0 aliphatic carbocycles. The van der Waals surface area contributed by atoms with Gasteiger partial charge in [0.1, 0.15) is 18.3 Å². The van der Waals surface area contributed by atoms with Crippen LogP contribution in [-0.4, -0.2) is 31.1 Å². The van der Waals surface area contributed by atoms with Gasteiger partial charge in [0.25, 0.3) is 0 Å². The lowest BCUT2D eigenvalue weighted by Crippen LogP contribution is -2.38. The zero-order valence-corrected chi connectivity index (χ0v) is 18.3.